The second kappa shape index (κ2) is 6.17. The first-order chi connectivity index (χ1) is 9.60. The summed E-state index contributed by atoms with van der Waals surface area (Å²) in [5.74, 6) is -2.61. The number of carbonyl (C=O) groups excluding carboxylic acids is 1. The number of nitrogens with zero attached hydrogens (tertiary/aromatic N) is 1. The summed E-state index contributed by atoms with van der Waals surface area (Å²) in [5.41, 5.74) is 0.529. The number of thioether (sulfide) groups is 1. The molecule has 2 aromatic rings. The molecule has 0 aliphatic carbocycles. The number of thiocyanates is 1. The summed E-state index contributed by atoms with van der Waals surface area (Å²) in [4.78, 5) is 12.6. The van der Waals surface area contributed by atoms with Gasteiger partial charge in [0.25, 0.3) is 5.91 Å². The lowest BCUT2D eigenvalue weighted by atomic mass is 10.2. The zero-order valence-corrected chi connectivity index (χ0v) is 10.9. The lowest BCUT2D eigenvalue weighted by Crippen LogP contribution is -2.12. The van der Waals surface area contributed by atoms with Gasteiger partial charge in [0, 0.05) is 16.1 Å². The topological polar surface area (TPSA) is 52.9 Å². The van der Waals surface area contributed by atoms with E-state index in [-0.39, 0.29) is 5.56 Å². The van der Waals surface area contributed by atoms with E-state index < -0.39 is 17.5 Å². The normalized spacial score (nSPS) is 9.85. The van der Waals surface area contributed by atoms with E-state index in [0.29, 0.717) is 5.69 Å². The van der Waals surface area contributed by atoms with Gasteiger partial charge in [0.05, 0.1) is 0 Å². The van der Waals surface area contributed by atoms with Crippen molar-refractivity contribution in [3.05, 3.63) is 59.7 Å². The Kier molecular flexibility index (Phi) is 4.33. The second-order valence-corrected chi connectivity index (χ2v) is 4.66. The number of anilines is 1. The van der Waals surface area contributed by atoms with E-state index in [2.05, 4.69) is 5.32 Å². The fraction of sp³-hybridized carbons (Fsp3) is 0. The number of halogens is 2. The average molecular weight is 290 g/mol. The predicted molar refractivity (Wildman–Crippen MR) is 72.2 cm³/mol. The van der Waals surface area contributed by atoms with Crippen molar-refractivity contribution in [3.8, 4) is 5.40 Å². The van der Waals surface area contributed by atoms with E-state index >= 15 is 0 Å². The van der Waals surface area contributed by atoms with E-state index in [0.717, 1.165) is 28.8 Å². The minimum atomic E-state index is -1.07. The number of hydrogen-bond donors (Lipinski definition) is 1. The third-order valence-corrected chi connectivity index (χ3v) is 3.06. The van der Waals surface area contributed by atoms with Crippen LogP contribution in [0.15, 0.2) is 47.4 Å². The third kappa shape index (κ3) is 3.33. The molecule has 1 amide bonds. The van der Waals surface area contributed by atoms with Gasteiger partial charge in [-0.05, 0) is 54.2 Å². The lowest BCUT2D eigenvalue weighted by molar-refractivity contribution is 0.102. The minimum Gasteiger partial charge on any atom is -0.322 e. The summed E-state index contributed by atoms with van der Waals surface area (Å²) in [5, 5.41) is 13.0. The van der Waals surface area contributed by atoms with Crippen molar-refractivity contribution in [2.75, 3.05) is 5.32 Å². The number of amides is 1. The van der Waals surface area contributed by atoms with Crippen molar-refractivity contribution < 1.29 is 13.6 Å². The molecule has 0 saturated heterocycles. The summed E-state index contributed by atoms with van der Waals surface area (Å²) in [7, 11) is 0. The molecular weight excluding hydrogens is 282 g/mol. The Labute approximate surface area is 118 Å². The predicted octanol–water partition coefficient (Wildman–Crippen LogP) is 3.79. The van der Waals surface area contributed by atoms with Gasteiger partial charge in [-0.3, -0.25) is 4.79 Å². The molecule has 0 aliphatic heterocycles. The van der Waals surface area contributed by atoms with Gasteiger partial charge in [-0.25, -0.2) is 8.78 Å². The molecule has 0 heterocycles. The second-order valence-electron chi connectivity index (χ2n) is 3.80. The highest BCUT2D eigenvalue weighted by molar-refractivity contribution is 8.03. The Morgan fingerprint density at radius 3 is 2.40 bits per heavy atom. The maximum Gasteiger partial charge on any atom is 0.255 e. The van der Waals surface area contributed by atoms with Crippen LogP contribution in [0.4, 0.5) is 14.5 Å². The summed E-state index contributed by atoms with van der Waals surface area (Å²) in [6.45, 7) is 0. The Morgan fingerprint density at radius 1 is 1.10 bits per heavy atom. The summed E-state index contributed by atoms with van der Waals surface area (Å²) < 4.78 is 25.8. The van der Waals surface area contributed by atoms with Crippen molar-refractivity contribution in [2.45, 2.75) is 4.90 Å². The van der Waals surface area contributed by atoms with Crippen molar-refractivity contribution in [1.82, 2.24) is 0 Å². The number of nitrogens with one attached hydrogen (secondary N) is 1. The molecule has 2 rings (SSSR count). The molecule has 0 fully saturated rings. The van der Waals surface area contributed by atoms with Crippen LogP contribution in [0.2, 0.25) is 0 Å². The molecule has 0 unspecified atom stereocenters. The molecule has 0 atom stereocenters. The van der Waals surface area contributed by atoms with Gasteiger partial charge in [0.15, 0.2) is 11.6 Å². The Bertz CT molecular complexity index is 681. The number of carbonyl (C=O) groups is 1. The van der Waals surface area contributed by atoms with Crippen LogP contribution in [0.25, 0.3) is 0 Å². The molecule has 6 heteroatoms. The molecule has 0 saturated carbocycles. The molecule has 0 spiro atoms. The first-order valence-electron chi connectivity index (χ1n) is 5.52. The van der Waals surface area contributed by atoms with Crippen LogP contribution < -0.4 is 5.32 Å². The van der Waals surface area contributed by atoms with Crippen molar-refractivity contribution in [2.24, 2.45) is 0 Å². The lowest BCUT2D eigenvalue weighted by Gasteiger charge is -2.06. The summed E-state index contributed by atoms with van der Waals surface area (Å²) >= 11 is 1.00. The maximum atomic E-state index is 13.0. The first-order valence-corrected chi connectivity index (χ1v) is 6.34. The molecule has 2 aromatic carbocycles. The fourth-order valence-corrected chi connectivity index (χ4v) is 1.88. The minimum absolute atomic E-state index is 0.0272. The van der Waals surface area contributed by atoms with Crippen LogP contribution in [-0.4, -0.2) is 5.91 Å². The highest BCUT2D eigenvalue weighted by Gasteiger charge is 2.09. The van der Waals surface area contributed by atoms with Gasteiger partial charge < -0.3 is 5.32 Å². The van der Waals surface area contributed by atoms with Crippen LogP contribution in [0.1, 0.15) is 10.4 Å². The molecule has 1 N–H and O–H groups in total. The van der Waals surface area contributed by atoms with Gasteiger partial charge >= 0.3 is 0 Å². The van der Waals surface area contributed by atoms with Crippen LogP contribution in [0, 0.1) is 22.3 Å². The number of benzene rings is 2. The Morgan fingerprint density at radius 2 is 1.80 bits per heavy atom. The standard InChI is InChI=1S/C14H8F2N2OS/c15-12-6-1-9(7-13(12)16)14(19)18-10-2-4-11(5-3-10)20-8-17/h1-7H,(H,18,19). The zero-order chi connectivity index (χ0) is 14.5. The molecule has 3 nitrogen and oxygen atoms in total. The first kappa shape index (κ1) is 14.0. The van der Waals surface area contributed by atoms with E-state index in [9.17, 15) is 13.6 Å². The van der Waals surface area contributed by atoms with Crippen LogP contribution in [0.3, 0.4) is 0 Å². The average Bonchev–Trinajstić information content (AvgIpc) is 2.44. The van der Waals surface area contributed by atoms with Crippen LogP contribution in [0.5, 0.6) is 0 Å². The van der Waals surface area contributed by atoms with Gasteiger partial charge in [0.2, 0.25) is 0 Å². The molecule has 20 heavy (non-hydrogen) atoms. The van der Waals surface area contributed by atoms with Gasteiger partial charge in [0.1, 0.15) is 5.40 Å². The SMILES string of the molecule is N#CSc1ccc(NC(=O)c2ccc(F)c(F)c2)cc1. The molecule has 0 radical (unpaired) electrons. The molecule has 0 aliphatic rings. The Hall–Kier alpha value is -2.39. The van der Waals surface area contributed by atoms with Gasteiger partial charge in [-0.2, -0.15) is 5.26 Å². The molecule has 0 bridgehead atoms. The van der Waals surface area contributed by atoms with Crippen molar-refractivity contribution in [3.63, 3.8) is 0 Å². The number of rotatable bonds is 3. The highest BCUT2D eigenvalue weighted by atomic mass is 32.2. The number of nitriles is 1. The zero-order valence-electron chi connectivity index (χ0n) is 10.1. The quantitative estimate of drug-likeness (QED) is 0.691. The number of hydrogen-bond acceptors (Lipinski definition) is 3. The molecular formula is C14H8F2N2OS. The third-order valence-electron chi connectivity index (χ3n) is 2.46. The smallest absolute Gasteiger partial charge is 0.255 e. The summed E-state index contributed by atoms with van der Waals surface area (Å²) in [6, 6.07) is 9.54. The van der Waals surface area contributed by atoms with E-state index in [1.54, 1.807) is 24.3 Å². The van der Waals surface area contributed by atoms with Crippen LogP contribution in [-0.2, 0) is 0 Å². The summed E-state index contributed by atoms with van der Waals surface area (Å²) in [6.07, 6.45) is 0. The Balaban J connectivity index is 2.11. The van der Waals surface area contributed by atoms with E-state index in [1.807, 2.05) is 5.40 Å². The van der Waals surface area contributed by atoms with E-state index in [4.69, 9.17) is 5.26 Å². The van der Waals surface area contributed by atoms with Crippen molar-refractivity contribution >= 4 is 23.4 Å². The van der Waals surface area contributed by atoms with Crippen LogP contribution >= 0.6 is 11.8 Å². The molecule has 100 valence electrons. The monoisotopic (exact) mass is 290 g/mol. The van der Waals surface area contributed by atoms with E-state index in [1.165, 1.54) is 6.07 Å². The maximum absolute atomic E-state index is 13.0. The van der Waals surface area contributed by atoms with Gasteiger partial charge in [-0.15, -0.1) is 0 Å². The molecule has 0 aromatic heterocycles. The van der Waals surface area contributed by atoms with Crippen molar-refractivity contribution in [1.29, 1.82) is 5.26 Å². The fourth-order valence-electron chi connectivity index (χ4n) is 1.50. The highest BCUT2D eigenvalue weighted by Crippen LogP contribution is 2.19. The van der Waals surface area contributed by atoms with Gasteiger partial charge in [-0.1, -0.05) is 0 Å². The largest absolute Gasteiger partial charge is 0.322 e.